The molecular weight excluding hydrogens is 392 g/mol. The summed E-state index contributed by atoms with van der Waals surface area (Å²) in [5, 5.41) is 1.01. The van der Waals surface area contributed by atoms with Crippen molar-refractivity contribution in [1.82, 2.24) is 0 Å². The minimum atomic E-state index is 0.317. The maximum Gasteiger partial charge on any atom is 0.123 e. The van der Waals surface area contributed by atoms with E-state index in [4.69, 9.17) is 4.74 Å². The minimum absolute atomic E-state index is 0.317. The molecule has 0 fully saturated rings. The van der Waals surface area contributed by atoms with Gasteiger partial charge in [-0.2, -0.15) is 0 Å². The maximum atomic E-state index is 6.07. The molecule has 2 aromatic rings. The molecule has 110 valence electrons. The van der Waals surface area contributed by atoms with E-state index in [9.17, 15) is 0 Å². The van der Waals surface area contributed by atoms with Crippen molar-refractivity contribution >= 4 is 31.9 Å². The molecule has 0 bridgehead atoms. The molecule has 0 saturated heterocycles. The second kappa shape index (κ2) is 6.97. The SMILES string of the molecule is BrCC(Cc1cccc(Br)c1)CC1Cc2ccccc2O1. The summed E-state index contributed by atoms with van der Waals surface area (Å²) in [6.07, 6.45) is 3.53. The van der Waals surface area contributed by atoms with Crippen LogP contribution in [0.4, 0.5) is 0 Å². The van der Waals surface area contributed by atoms with Crippen molar-refractivity contribution < 1.29 is 4.74 Å². The number of rotatable bonds is 5. The molecule has 1 heterocycles. The molecule has 0 spiro atoms. The first-order valence-electron chi connectivity index (χ1n) is 7.29. The molecular formula is C18H18Br2O. The quantitative estimate of drug-likeness (QED) is 0.601. The Morgan fingerprint density at radius 1 is 1.14 bits per heavy atom. The normalized spacial score (nSPS) is 18.1. The lowest BCUT2D eigenvalue weighted by molar-refractivity contribution is 0.199. The van der Waals surface area contributed by atoms with Gasteiger partial charge in [0.1, 0.15) is 11.9 Å². The van der Waals surface area contributed by atoms with Crippen LogP contribution in [0.5, 0.6) is 5.75 Å². The van der Waals surface area contributed by atoms with E-state index in [1.165, 1.54) is 11.1 Å². The Labute approximate surface area is 143 Å². The molecule has 0 radical (unpaired) electrons. The highest BCUT2D eigenvalue weighted by molar-refractivity contribution is 9.10. The molecule has 1 aliphatic rings. The molecule has 2 aromatic carbocycles. The van der Waals surface area contributed by atoms with Crippen LogP contribution in [-0.4, -0.2) is 11.4 Å². The predicted molar refractivity (Wildman–Crippen MR) is 94.3 cm³/mol. The standard InChI is InChI=1S/C18H18Br2O/c19-12-14(8-13-4-3-6-16(20)9-13)10-17-11-15-5-1-2-7-18(15)21-17/h1-7,9,14,17H,8,10-12H2. The van der Waals surface area contributed by atoms with Crippen LogP contribution in [0.3, 0.4) is 0 Å². The second-order valence-corrected chi connectivity index (χ2v) is 7.20. The Balaban J connectivity index is 1.61. The number of benzene rings is 2. The number of hydrogen-bond donors (Lipinski definition) is 0. The van der Waals surface area contributed by atoms with Crippen LogP contribution < -0.4 is 4.74 Å². The van der Waals surface area contributed by atoms with Gasteiger partial charge in [-0.15, -0.1) is 0 Å². The van der Waals surface area contributed by atoms with Crippen molar-refractivity contribution in [3.63, 3.8) is 0 Å². The molecule has 0 N–H and O–H groups in total. The molecule has 2 unspecified atom stereocenters. The zero-order chi connectivity index (χ0) is 14.7. The van der Waals surface area contributed by atoms with E-state index in [0.717, 1.165) is 34.8 Å². The van der Waals surface area contributed by atoms with Crippen LogP contribution in [0.15, 0.2) is 53.0 Å². The zero-order valence-corrected chi connectivity index (χ0v) is 14.9. The van der Waals surface area contributed by atoms with Crippen molar-refractivity contribution in [3.8, 4) is 5.75 Å². The van der Waals surface area contributed by atoms with E-state index >= 15 is 0 Å². The van der Waals surface area contributed by atoms with Crippen LogP contribution in [-0.2, 0) is 12.8 Å². The molecule has 3 rings (SSSR count). The van der Waals surface area contributed by atoms with Gasteiger partial charge < -0.3 is 4.74 Å². The van der Waals surface area contributed by atoms with E-state index in [0.29, 0.717) is 12.0 Å². The van der Waals surface area contributed by atoms with Gasteiger partial charge in [-0.3, -0.25) is 0 Å². The fraction of sp³-hybridized carbons (Fsp3) is 0.333. The number of hydrogen-bond acceptors (Lipinski definition) is 1. The van der Waals surface area contributed by atoms with Gasteiger partial charge in [-0.1, -0.05) is 62.2 Å². The van der Waals surface area contributed by atoms with Crippen LogP contribution in [0.2, 0.25) is 0 Å². The Bertz CT molecular complexity index is 587. The minimum Gasteiger partial charge on any atom is -0.490 e. The number of para-hydroxylation sites is 1. The Morgan fingerprint density at radius 3 is 2.76 bits per heavy atom. The van der Waals surface area contributed by atoms with Gasteiger partial charge in [0.25, 0.3) is 0 Å². The molecule has 0 saturated carbocycles. The smallest absolute Gasteiger partial charge is 0.123 e. The molecule has 1 nitrogen and oxygen atoms in total. The van der Waals surface area contributed by atoms with Crippen LogP contribution in [0, 0.1) is 5.92 Å². The molecule has 21 heavy (non-hydrogen) atoms. The van der Waals surface area contributed by atoms with E-state index in [1.54, 1.807) is 0 Å². The van der Waals surface area contributed by atoms with Gasteiger partial charge in [-0.25, -0.2) is 0 Å². The lowest BCUT2D eigenvalue weighted by Crippen LogP contribution is -2.20. The Morgan fingerprint density at radius 2 is 2.00 bits per heavy atom. The van der Waals surface area contributed by atoms with Gasteiger partial charge in [0.2, 0.25) is 0 Å². The summed E-state index contributed by atoms with van der Waals surface area (Å²) in [4.78, 5) is 0. The van der Waals surface area contributed by atoms with Gasteiger partial charge in [0, 0.05) is 16.2 Å². The fourth-order valence-electron chi connectivity index (χ4n) is 2.96. The molecule has 0 aromatic heterocycles. The van der Waals surface area contributed by atoms with Crippen molar-refractivity contribution in [2.24, 2.45) is 5.92 Å². The average molecular weight is 410 g/mol. The molecule has 0 aliphatic carbocycles. The molecule has 3 heteroatoms. The van der Waals surface area contributed by atoms with Gasteiger partial charge >= 0.3 is 0 Å². The van der Waals surface area contributed by atoms with Crippen molar-refractivity contribution in [1.29, 1.82) is 0 Å². The number of alkyl halides is 1. The summed E-state index contributed by atoms with van der Waals surface area (Å²) in [5.74, 6) is 1.66. The summed E-state index contributed by atoms with van der Waals surface area (Å²) in [5.41, 5.74) is 2.72. The first kappa shape index (κ1) is 15.1. The van der Waals surface area contributed by atoms with Crippen molar-refractivity contribution in [3.05, 3.63) is 64.1 Å². The number of fused-ring (bicyclic) bond motifs is 1. The second-order valence-electron chi connectivity index (χ2n) is 5.64. The third-order valence-corrected chi connectivity index (χ3v) is 5.35. The van der Waals surface area contributed by atoms with Crippen molar-refractivity contribution in [2.75, 3.05) is 5.33 Å². The van der Waals surface area contributed by atoms with Crippen LogP contribution >= 0.6 is 31.9 Å². The largest absolute Gasteiger partial charge is 0.490 e. The Hall–Kier alpha value is -0.800. The van der Waals surface area contributed by atoms with Crippen LogP contribution in [0.1, 0.15) is 17.5 Å². The van der Waals surface area contributed by atoms with E-state index in [-0.39, 0.29) is 0 Å². The summed E-state index contributed by atoms with van der Waals surface area (Å²) in [6, 6.07) is 17.0. The lowest BCUT2D eigenvalue weighted by Gasteiger charge is -2.19. The summed E-state index contributed by atoms with van der Waals surface area (Å²) in [6.45, 7) is 0. The predicted octanol–water partition coefficient (Wildman–Crippen LogP) is 5.40. The molecule has 1 aliphatic heterocycles. The zero-order valence-electron chi connectivity index (χ0n) is 11.8. The fourth-order valence-corrected chi connectivity index (χ4v) is 3.90. The highest BCUT2D eigenvalue weighted by Crippen LogP contribution is 2.32. The third kappa shape index (κ3) is 3.89. The first-order valence-corrected chi connectivity index (χ1v) is 9.21. The van der Waals surface area contributed by atoms with E-state index in [1.807, 2.05) is 6.07 Å². The molecule has 0 amide bonds. The Kier molecular flexibility index (Phi) is 5.02. The van der Waals surface area contributed by atoms with Gasteiger partial charge in [-0.05, 0) is 48.1 Å². The van der Waals surface area contributed by atoms with Crippen molar-refractivity contribution in [2.45, 2.75) is 25.4 Å². The maximum absolute atomic E-state index is 6.07. The van der Waals surface area contributed by atoms with E-state index in [2.05, 4.69) is 74.3 Å². The summed E-state index contributed by atoms with van der Waals surface area (Å²) in [7, 11) is 0. The monoisotopic (exact) mass is 408 g/mol. The average Bonchev–Trinajstić information content (AvgIpc) is 2.89. The molecule has 2 atom stereocenters. The summed E-state index contributed by atoms with van der Waals surface area (Å²) >= 11 is 7.21. The summed E-state index contributed by atoms with van der Waals surface area (Å²) < 4.78 is 7.22. The van der Waals surface area contributed by atoms with E-state index < -0.39 is 0 Å². The highest BCUT2D eigenvalue weighted by Gasteiger charge is 2.25. The van der Waals surface area contributed by atoms with Gasteiger partial charge in [0.15, 0.2) is 0 Å². The number of ether oxygens (including phenoxy) is 1. The first-order chi connectivity index (χ1) is 10.2. The van der Waals surface area contributed by atoms with Gasteiger partial charge in [0.05, 0.1) is 0 Å². The van der Waals surface area contributed by atoms with Crippen LogP contribution in [0.25, 0.3) is 0 Å². The third-order valence-electron chi connectivity index (χ3n) is 3.94. The number of halogens is 2. The lowest BCUT2D eigenvalue weighted by atomic mass is 9.94. The highest BCUT2D eigenvalue weighted by atomic mass is 79.9. The topological polar surface area (TPSA) is 9.23 Å².